The summed E-state index contributed by atoms with van der Waals surface area (Å²) in [6.07, 6.45) is 0.525. The topological polar surface area (TPSA) is 65.4 Å². The molecular formula is C27H26FN3O3. The first kappa shape index (κ1) is 23.0. The van der Waals surface area contributed by atoms with E-state index in [1.807, 2.05) is 62.4 Å². The lowest BCUT2D eigenvalue weighted by Gasteiger charge is -2.13. The summed E-state index contributed by atoms with van der Waals surface area (Å²) in [6, 6.07) is 21.3. The number of halogens is 1. The second-order valence-electron chi connectivity index (χ2n) is 7.87. The number of nitrogens with zero attached hydrogens (tertiary/aromatic N) is 2. The van der Waals surface area contributed by atoms with E-state index in [0.717, 1.165) is 28.3 Å². The Balaban J connectivity index is 1.64. The van der Waals surface area contributed by atoms with Crippen molar-refractivity contribution in [2.45, 2.75) is 26.7 Å². The predicted molar refractivity (Wildman–Crippen MR) is 129 cm³/mol. The molecule has 0 aliphatic heterocycles. The molecule has 0 bridgehead atoms. The zero-order chi connectivity index (χ0) is 24.1. The standard InChI is InChI=1S/C27H26FN3O3/c1-18-8-4-7-11-25(18)34-27-22(16-17-26(32)29-24-10-6-5-9-23(24)28)19(2)30-31(27)20-12-14-21(33-3)15-13-20/h4-15H,16-17H2,1-3H3,(H,29,32). The molecule has 0 saturated carbocycles. The molecule has 174 valence electrons. The van der Waals surface area contributed by atoms with Gasteiger partial charge in [0.2, 0.25) is 11.8 Å². The van der Waals surface area contributed by atoms with Crippen LogP contribution in [0, 0.1) is 19.7 Å². The number of amides is 1. The van der Waals surface area contributed by atoms with Crippen LogP contribution in [0.1, 0.15) is 23.2 Å². The molecule has 4 rings (SSSR count). The van der Waals surface area contributed by atoms with E-state index in [-0.39, 0.29) is 18.0 Å². The van der Waals surface area contributed by atoms with Gasteiger partial charge in [-0.25, -0.2) is 9.07 Å². The fraction of sp³-hybridized carbons (Fsp3) is 0.185. The lowest BCUT2D eigenvalue weighted by atomic mass is 10.1. The van der Waals surface area contributed by atoms with Crippen LogP contribution in [0.25, 0.3) is 5.69 Å². The molecule has 0 atom stereocenters. The normalized spacial score (nSPS) is 10.7. The summed E-state index contributed by atoms with van der Waals surface area (Å²) in [6.45, 7) is 3.85. The maximum Gasteiger partial charge on any atom is 0.226 e. The Hall–Kier alpha value is -4.13. The molecule has 1 N–H and O–H groups in total. The van der Waals surface area contributed by atoms with E-state index < -0.39 is 5.82 Å². The van der Waals surface area contributed by atoms with Gasteiger partial charge in [0.25, 0.3) is 0 Å². The molecule has 7 heteroatoms. The van der Waals surface area contributed by atoms with Crippen molar-refractivity contribution in [3.8, 4) is 23.1 Å². The van der Waals surface area contributed by atoms with Crippen LogP contribution >= 0.6 is 0 Å². The fourth-order valence-corrected chi connectivity index (χ4v) is 3.62. The first-order valence-electron chi connectivity index (χ1n) is 11.0. The second-order valence-corrected chi connectivity index (χ2v) is 7.87. The van der Waals surface area contributed by atoms with Gasteiger partial charge in [0.15, 0.2) is 0 Å². The highest BCUT2D eigenvalue weighted by molar-refractivity contribution is 5.91. The van der Waals surface area contributed by atoms with E-state index in [4.69, 9.17) is 14.6 Å². The number of rotatable bonds is 8. The van der Waals surface area contributed by atoms with Crippen molar-refractivity contribution in [3.63, 3.8) is 0 Å². The molecule has 1 aromatic heterocycles. The van der Waals surface area contributed by atoms with Gasteiger partial charge in [0, 0.05) is 12.0 Å². The summed E-state index contributed by atoms with van der Waals surface area (Å²) in [5, 5.41) is 7.33. The van der Waals surface area contributed by atoms with Crippen LogP contribution in [-0.4, -0.2) is 22.8 Å². The second kappa shape index (κ2) is 10.2. The minimum atomic E-state index is -0.470. The van der Waals surface area contributed by atoms with Crippen LogP contribution in [0.15, 0.2) is 72.8 Å². The maximum absolute atomic E-state index is 13.9. The van der Waals surface area contributed by atoms with E-state index in [1.54, 1.807) is 23.9 Å². The van der Waals surface area contributed by atoms with Gasteiger partial charge >= 0.3 is 0 Å². The van der Waals surface area contributed by atoms with Crippen molar-refractivity contribution in [2.75, 3.05) is 12.4 Å². The van der Waals surface area contributed by atoms with Crippen molar-refractivity contribution in [1.29, 1.82) is 0 Å². The monoisotopic (exact) mass is 459 g/mol. The van der Waals surface area contributed by atoms with Gasteiger partial charge in [-0.2, -0.15) is 5.10 Å². The largest absolute Gasteiger partial charge is 0.497 e. The van der Waals surface area contributed by atoms with Gasteiger partial charge in [-0.1, -0.05) is 30.3 Å². The maximum atomic E-state index is 13.9. The Labute approximate surface area is 198 Å². The Bertz CT molecular complexity index is 1300. The van der Waals surface area contributed by atoms with Crippen LogP contribution in [0.4, 0.5) is 10.1 Å². The van der Waals surface area contributed by atoms with Gasteiger partial charge in [0.05, 0.1) is 24.2 Å². The number of nitrogens with one attached hydrogen (secondary N) is 1. The molecule has 4 aromatic rings. The summed E-state index contributed by atoms with van der Waals surface area (Å²) < 4.78 is 27.3. The Morgan fingerprint density at radius 2 is 1.71 bits per heavy atom. The third-order valence-corrected chi connectivity index (χ3v) is 5.50. The molecule has 0 unspecified atom stereocenters. The lowest BCUT2D eigenvalue weighted by molar-refractivity contribution is -0.116. The molecule has 6 nitrogen and oxygen atoms in total. The van der Waals surface area contributed by atoms with Crippen LogP contribution in [0.5, 0.6) is 17.4 Å². The number of ether oxygens (including phenoxy) is 2. The molecule has 1 amide bonds. The molecule has 0 saturated heterocycles. The number of benzene rings is 3. The zero-order valence-corrected chi connectivity index (χ0v) is 19.3. The molecule has 0 radical (unpaired) electrons. The number of hydrogen-bond donors (Lipinski definition) is 1. The number of para-hydroxylation sites is 2. The number of hydrogen-bond acceptors (Lipinski definition) is 4. The molecule has 0 aliphatic carbocycles. The van der Waals surface area contributed by atoms with Crippen molar-refractivity contribution in [1.82, 2.24) is 9.78 Å². The Morgan fingerprint density at radius 1 is 1.00 bits per heavy atom. The molecule has 0 aliphatic rings. The SMILES string of the molecule is COc1ccc(-n2nc(C)c(CCC(=O)Nc3ccccc3F)c2Oc2ccccc2C)cc1. The van der Waals surface area contributed by atoms with Crippen molar-refractivity contribution >= 4 is 11.6 Å². The van der Waals surface area contributed by atoms with Crippen LogP contribution in [0.2, 0.25) is 0 Å². The van der Waals surface area contributed by atoms with Gasteiger partial charge in [-0.05, 0) is 68.3 Å². The first-order valence-corrected chi connectivity index (χ1v) is 11.0. The molecule has 0 spiro atoms. The van der Waals surface area contributed by atoms with Gasteiger partial charge in [-0.15, -0.1) is 0 Å². The minimum Gasteiger partial charge on any atom is -0.497 e. The average molecular weight is 460 g/mol. The van der Waals surface area contributed by atoms with Gasteiger partial charge < -0.3 is 14.8 Å². The van der Waals surface area contributed by atoms with Crippen LogP contribution in [0.3, 0.4) is 0 Å². The zero-order valence-electron chi connectivity index (χ0n) is 19.3. The summed E-state index contributed by atoms with van der Waals surface area (Å²) in [5.74, 6) is 1.22. The van der Waals surface area contributed by atoms with Crippen molar-refractivity contribution < 1.29 is 18.7 Å². The first-order chi connectivity index (χ1) is 16.5. The number of carbonyl (C=O) groups is 1. The smallest absolute Gasteiger partial charge is 0.226 e. The summed E-state index contributed by atoms with van der Waals surface area (Å²) in [4.78, 5) is 12.6. The van der Waals surface area contributed by atoms with Crippen molar-refractivity contribution in [3.05, 3.63) is 95.4 Å². The molecule has 0 fully saturated rings. The average Bonchev–Trinajstić information content (AvgIpc) is 3.15. The summed E-state index contributed by atoms with van der Waals surface area (Å²) in [7, 11) is 1.62. The molecule has 3 aromatic carbocycles. The van der Waals surface area contributed by atoms with E-state index in [1.165, 1.54) is 12.1 Å². The predicted octanol–water partition coefficient (Wildman–Crippen LogP) is 6.00. The van der Waals surface area contributed by atoms with E-state index in [9.17, 15) is 9.18 Å². The molecular weight excluding hydrogens is 433 g/mol. The fourth-order valence-electron chi connectivity index (χ4n) is 3.62. The third kappa shape index (κ3) is 5.09. The Kier molecular flexibility index (Phi) is 6.92. The highest BCUT2D eigenvalue weighted by atomic mass is 19.1. The van der Waals surface area contributed by atoms with E-state index >= 15 is 0 Å². The minimum absolute atomic E-state index is 0.146. The van der Waals surface area contributed by atoms with Crippen LogP contribution < -0.4 is 14.8 Å². The third-order valence-electron chi connectivity index (χ3n) is 5.50. The molecule has 34 heavy (non-hydrogen) atoms. The molecule has 1 heterocycles. The Morgan fingerprint density at radius 3 is 2.41 bits per heavy atom. The van der Waals surface area contributed by atoms with E-state index in [2.05, 4.69) is 5.32 Å². The number of aromatic nitrogens is 2. The van der Waals surface area contributed by atoms with Crippen molar-refractivity contribution in [2.24, 2.45) is 0 Å². The quantitative estimate of drug-likeness (QED) is 0.351. The lowest BCUT2D eigenvalue weighted by Crippen LogP contribution is -2.13. The number of methoxy groups -OCH3 is 1. The van der Waals surface area contributed by atoms with Gasteiger partial charge in [-0.3, -0.25) is 4.79 Å². The summed E-state index contributed by atoms with van der Waals surface area (Å²) in [5.41, 5.74) is 3.50. The summed E-state index contributed by atoms with van der Waals surface area (Å²) >= 11 is 0. The van der Waals surface area contributed by atoms with E-state index in [0.29, 0.717) is 18.1 Å². The van der Waals surface area contributed by atoms with Gasteiger partial charge in [0.1, 0.15) is 17.3 Å². The number of anilines is 1. The highest BCUT2D eigenvalue weighted by Crippen LogP contribution is 2.33. The number of aryl methyl sites for hydroxylation is 2. The number of carbonyl (C=O) groups excluding carboxylic acids is 1. The highest BCUT2D eigenvalue weighted by Gasteiger charge is 2.21. The van der Waals surface area contributed by atoms with Crippen LogP contribution in [-0.2, 0) is 11.2 Å².